The Hall–Kier alpha value is -1.34. The van der Waals surface area contributed by atoms with Crippen LogP contribution in [0, 0.1) is 11.8 Å². The lowest BCUT2D eigenvalue weighted by Crippen LogP contribution is -2.22. The van der Waals surface area contributed by atoms with Crippen LogP contribution >= 0.6 is 0 Å². The van der Waals surface area contributed by atoms with Crippen LogP contribution in [0.1, 0.15) is 38.4 Å². The van der Waals surface area contributed by atoms with Gasteiger partial charge in [-0.05, 0) is 38.2 Å². The van der Waals surface area contributed by atoms with E-state index < -0.39 is 6.10 Å². The van der Waals surface area contributed by atoms with Crippen molar-refractivity contribution in [3.63, 3.8) is 0 Å². The van der Waals surface area contributed by atoms with Gasteiger partial charge in [0.25, 0.3) is 0 Å². The number of benzene rings is 1. The molecule has 1 aliphatic carbocycles. The van der Waals surface area contributed by atoms with Crippen molar-refractivity contribution in [2.75, 3.05) is 0 Å². The van der Waals surface area contributed by atoms with Crippen LogP contribution in [0.4, 0.5) is 0 Å². The minimum atomic E-state index is -0.399. The van der Waals surface area contributed by atoms with Crippen molar-refractivity contribution < 1.29 is 5.11 Å². The van der Waals surface area contributed by atoms with Crippen molar-refractivity contribution >= 4 is 0 Å². The SMILES string of the molecule is C=C(C)[C@H]1CC=C(C)[C@H]([C@H](O)c2ccccc2)C1. The number of rotatable bonds is 3. The fraction of sp³-hybridized carbons (Fsp3) is 0.412. The van der Waals surface area contributed by atoms with E-state index in [4.69, 9.17) is 0 Å². The quantitative estimate of drug-likeness (QED) is 0.785. The Morgan fingerprint density at radius 2 is 2.00 bits per heavy atom. The van der Waals surface area contributed by atoms with E-state index in [0.29, 0.717) is 5.92 Å². The molecule has 0 radical (unpaired) electrons. The maximum absolute atomic E-state index is 10.5. The highest BCUT2D eigenvalue weighted by Gasteiger charge is 2.28. The normalized spacial score (nSPS) is 25.4. The van der Waals surface area contributed by atoms with Gasteiger partial charge in [0.05, 0.1) is 6.10 Å². The average Bonchev–Trinajstić information content (AvgIpc) is 2.39. The van der Waals surface area contributed by atoms with Gasteiger partial charge in [-0.2, -0.15) is 0 Å². The molecule has 1 nitrogen and oxygen atoms in total. The third kappa shape index (κ3) is 2.73. The van der Waals surface area contributed by atoms with Crippen LogP contribution in [0.25, 0.3) is 0 Å². The lowest BCUT2D eigenvalue weighted by molar-refractivity contribution is 0.110. The molecular weight excluding hydrogens is 220 g/mol. The zero-order valence-corrected chi connectivity index (χ0v) is 11.3. The van der Waals surface area contributed by atoms with Gasteiger partial charge < -0.3 is 5.11 Å². The fourth-order valence-corrected chi connectivity index (χ4v) is 2.73. The van der Waals surface area contributed by atoms with E-state index in [2.05, 4.69) is 26.5 Å². The first-order valence-corrected chi connectivity index (χ1v) is 6.64. The molecule has 96 valence electrons. The highest BCUT2D eigenvalue weighted by atomic mass is 16.3. The molecule has 1 N–H and O–H groups in total. The summed E-state index contributed by atoms with van der Waals surface area (Å²) in [4.78, 5) is 0. The largest absolute Gasteiger partial charge is 0.388 e. The van der Waals surface area contributed by atoms with Crippen LogP contribution in [0.15, 0.2) is 54.1 Å². The zero-order valence-electron chi connectivity index (χ0n) is 11.3. The molecule has 0 unspecified atom stereocenters. The first-order valence-electron chi connectivity index (χ1n) is 6.64. The van der Waals surface area contributed by atoms with Gasteiger partial charge in [0.1, 0.15) is 0 Å². The second-order valence-corrected chi connectivity index (χ2v) is 5.42. The fourth-order valence-electron chi connectivity index (χ4n) is 2.73. The summed E-state index contributed by atoms with van der Waals surface area (Å²) in [6.07, 6.45) is 3.94. The van der Waals surface area contributed by atoms with Crippen molar-refractivity contribution in [3.05, 3.63) is 59.7 Å². The molecule has 1 aromatic rings. The van der Waals surface area contributed by atoms with Crippen molar-refractivity contribution in [1.82, 2.24) is 0 Å². The second-order valence-electron chi connectivity index (χ2n) is 5.42. The minimum absolute atomic E-state index is 0.225. The van der Waals surface area contributed by atoms with Gasteiger partial charge in [-0.15, -0.1) is 0 Å². The average molecular weight is 242 g/mol. The lowest BCUT2D eigenvalue weighted by Gasteiger charge is -2.32. The molecule has 3 atom stereocenters. The minimum Gasteiger partial charge on any atom is -0.388 e. The summed E-state index contributed by atoms with van der Waals surface area (Å²) in [6.45, 7) is 8.28. The first-order chi connectivity index (χ1) is 8.59. The van der Waals surface area contributed by atoms with E-state index in [1.807, 2.05) is 30.3 Å². The van der Waals surface area contributed by atoms with Gasteiger partial charge in [0.15, 0.2) is 0 Å². The molecule has 0 heterocycles. The summed E-state index contributed by atoms with van der Waals surface area (Å²) < 4.78 is 0. The summed E-state index contributed by atoms with van der Waals surface area (Å²) in [7, 11) is 0. The van der Waals surface area contributed by atoms with Gasteiger partial charge in [-0.25, -0.2) is 0 Å². The molecule has 1 aliphatic rings. The van der Waals surface area contributed by atoms with E-state index in [9.17, 15) is 5.11 Å². The van der Waals surface area contributed by atoms with Crippen molar-refractivity contribution in [1.29, 1.82) is 0 Å². The number of aliphatic hydroxyl groups excluding tert-OH is 1. The predicted molar refractivity (Wildman–Crippen MR) is 76.2 cm³/mol. The molecule has 0 aromatic heterocycles. The van der Waals surface area contributed by atoms with Gasteiger partial charge in [-0.1, -0.05) is 54.1 Å². The van der Waals surface area contributed by atoms with E-state index in [1.54, 1.807) is 0 Å². The molecule has 0 spiro atoms. The molecule has 2 rings (SSSR count). The molecule has 0 saturated heterocycles. The summed E-state index contributed by atoms with van der Waals surface area (Å²) in [5.74, 6) is 0.736. The molecular formula is C17H22O. The number of allylic oxidation sites excluding steroid dienone is 2. The molecule has 0 amide bonds. The highest BCUT2D eigenvalue weighted by molar-refractivity contribution is 5.23. The number of hydrogen-bond donors (Lipinski definition) is 1. The third-order valence-corrected chi connectivity index (χ3v) is 4.07. The molecule has 0 bridgehead atoms. The van der Waals surface area contributed by atoms with Gasteiger partial charge in [0.2, 0.25) is 0 Å². The van der Waals surface area contributed by atoms with Gasteiger partial charge >= 0.3 is 0 Å². The summed E-state index contributed by atoms with van der Waals surface area (Å²) in [5, 5.41) is 10.5. The Kier molecular flexibility index (Phi) is 4.03. The van der Waals surface area contributed by atoms with E-state index in [1.165, 1.54) is 11.1 Å². The second kappa shape index (κ2) is 5.53. The maximum atomic E-state index is 10.5. The maximum Gasteiger partial charge on any atom is 0.0855 e. The Labute approximate surface area is 110 Å². The Bertz CT molecular complexity index is 444. The standard InChI is InChI=1S/C17H22O/c1-12(2)15-10-9-13(3)16(11-15)17(18)14-7-5-4-6-8-14/h4-9,15-18H,1,10-11H2,2-3H3/t15-,16+,17+/m0/s1. The van der Waals surface area contributed by atoms with Crippen LogP contribution in [-0.2, 0) is 0 Å². The van der Waals surface area contributed by atoms with Crippen LogP contribution in [-0.4, -0.2) is 5.11 Å². The molecule has 0 saturated carbocycles. The predicted octanol–water partition coefficient (Wildman–Crippen LogP) is 4.27. The van der Waals surface area contributed by atoms with Crippen molar-refractivity contribution in [3.8, 4) is 0 Å². The molecule has 1 heteroatoms. The van der Waals surface area contributed by atoms with Gasteiger partial charge in [-0.3, -0.25) is 0 Å². The van der Waals surface area contributed by atoms with Crippen LogP contribution < -0.4 is 0 Å². The van der Waals surface area contributed by atoms with Crippen LogP contribution in [0.3, 0.4) is 0 Å². The first kappa shape index (κ1) is 13.1. The van der Waals surface area contributed by atoms with Crippen LogP contribution in [0.2, 0.25) is 0 Å². The monoisotopic (exact) mass is 242 g/mol. The Morgan fingerprint density at radius 1 is 1.33 bits per heavy atom. The smallest absolute Gasteiger partial charge is 0.0855 e. The summed E-state index contributed by atoms with van der Waals surface area (Å²) in [5.41, 5.74) is 3.55. The molecule has 18 heavy (non-hydrogen) atoms. The van der Waals surface area contributed by atoms with E-state index in [-0.39, 0.29) is 5.92 Å². The Morgan fingerprint density at radius 3 is 2.61 bits per heavy atom. The summed E-state index contributed by atoms with van der Waals surface area (Å²) >= 11 is 0. The van der Waals surface area contributed by atoms with E-state index in [0.717, 1.165) is 18.4 Å². The molecule has 0 aliphatic heterocycles. The summed E-state index contributed by atoms with van der Waals surface area (Å²) in [6, 6.07) is 9.95. The Balaban J connectivity index is 2.19. The van der Waals surface area contributed by atoms with Crippen LogP contribution in [0.5, 0.6) is 0 Å². The number of hydrogen-bond acceptors (Lipinski definition) is 1. The zero-order chi connectivity index (χ0) is 13.1. The highest BCUT2D eigenvalue weighted by Crippen LogP contribution is 2.39. The number of aliphatic hydroxyl groups is 1. The van der Waals surface area contributed by atoms with Crippen molar-refractivity contribution in [2.45, 2.75) is 32.8 Å². The topological polar surface area (TPSA) is 20.2 Å². The molecule has 0 fully saturated rings. The lowest BCUT2D eigenvalue weighted by atomic mass is 9.75. The molecule has 1 aromatic carbocycles. The van der Waals surface area contributed by atoms with Crippen molar-refractivity contribution in [2.24, 2.45) is 11.8 Å². The third-order valence-electron chi connectivity index (χ3n) is 4.07. The van der Waals surface area contributed by atoms with Gasteiger partial charge in [0, 0.05) is 5.92 Å². The van der Waals surface area contributed by atoms with E-state index >= 15 is 0 Å².